The van der Waals surface area contributed by atoms with Gasteiger partial charge < -0.3 is 10.6 Å². The van der Waals surface area contributed by atoms with E-state index in [4.69, 9.17) is 5.73 Å². The van der Waals surface area contributed by atoms with E-state index in [1.165, 1.54) is 6.20 Å². The fourth-order valence-corrected chi connectivity index (χ4v) is 3.70. The lowest BCUT2D eigenvalue weighted by atomic mass is 9.98. The SMILES string of the molecule is NC1CCC2CN(c3ncc(Br)cc3C(F)(F)F)CC12. The second-order valence-corrected chi connectivity index (χ2v) is 6.51. The molecule has 1 saturated heterocycles. The van der Waals surface area contributed by atoms with Crippen molar-refractivity contribution in [1.82, 2.24) is 4.98 Å². The highest BCUT2D eigenvalue weighted by Crippen LogP contribution is 2.42. The molecular formula is C13H15BrF3N3. The highest BCUT2D eigenvalue weighted by molar-refractivity contribution is 9.10. The highest BCUT2D eigenvalue weighted by atomic mass is 79.9. The van der Waals surface area contributed by atoms with Crippen molar-refractivity contribution in [2.24, 2.45) is 17.6 Å². The first kappa shape index (κ1) is 14.1. The second-order valence-electron chi connectivity index (χ2n) is 5.59. The van der Waals surface area contributed by atoms with Crippen molar-refractivity contribution >= 4 is 21.7 Å². The van der Waals surface area contributed by atoms with Gasteiger partial charge >= 0.3 is 6.18 Å². The van der Waals surface area contributed by atoms with E-state index >= 15 is 0 Å². The molecule has 20 heavy (non-hydrogen) atoms. The zero-order valence-electron chi connectivity index (χ0n) is 10.7. The highest BCUT2D eigenvalue weighted by Gasteiger charge is 2.44. The van der Waals surface area contributed by atoms with E-state index in [9.17, 15) is 13.2 Å². The van der Waals surface area contributed by atoms with Crippen molar-refractivity contribution in [2.75, 3.05) is 18.0 Å². The van der Waals surface area contributed by atoms with Crippen molar-refractivity contribution in [3.05, 3.63) is 22.3 Å². The van der Waals surface area contributed by atoms with Gasteiger partial charge in [0.15, 0.2) is 0 Å². The standard InChI is InChI=1S/C13H15BrF3N3/c14-8-3-10(13(15,16)17)12(19-4-8)20-5-7-1-2-11(18)9(7)6-20/h3-4,7,9,11H,1-2,5-6,18H2. The fourth-order valence-electron chi connectivity index (χ4n) is 3.37. The molecule has 2 heterocycles. The van der Waals surface area contributed by atoms with E-state index in [2.05, 4.69) is 20.9 Å². The smallest absolute Gasteiger partial charge is 0.355 e. The third-order valence-electron chi connectivity index (χ3n) is 4.35. The number of nitrogens with zero attached hydrogens (tertiary/aromatic N) is 2. The van der Waals surface area contributed by atoms with Gasteiger partial charge in [0, 0.05) is 29.8 Å². The molecule has 0 amide bonds. The van der Waals surface area contributed by atoms with Gasteiger partial charge in [0.05, 0.1) is 5.56 Å². The molecule has 2 N–H and O–H groups in total. The van der Waals surface area contributed by atoms with Crippen molar-refractivity contribution in [3.8, 4) is 0 Å². The summed E-state index contributed by atoms with van der Waals surface area (Å²) in [7, 11) is 0. The summed E-state index contributed by atoms with van der Waals surface area (Å²) < 4.78 is 39.7. The molecule has 1 aromatic rings. The summed E-state index contributed by atoms with van der Waals surface area (Å²) in [6.07, 6.45) is -1.01. The van der Waals surface area contributed by atoms with Gasteiger partial charge in [-0.05, 0) is 46.7 Å². The molecule has 1 aromatic heterocycles. The van der Waals surface area contributed by atoms with Crippen LogP contribution in [0, 0.1) is 11.8 Å². The first-order chi connectivity index (χ1) is 9.36. The minimum absolute atomic E-state index is 0.0299. The maximum absolute atomic E-state index is 13.1. The first-order valence-electron chi connectivity index (χ1n) is 6.59. The molecule has 1 aliphatic heterocycles. The molecule has 3 atom stereocenters. The van der Waals surface area contributed by atoms with Crippen LogP contribution in [0.15, 0.2) is 16.7 Å². The Morgan fingerprint density at radius 3 is 2.70 bits per heavy atom. The third kappa shape index (κ3) is 2.41. The van der Waals surface area contributed by atoms with Crippen LogP contribution in [0.4, 0.5) is 19.0 Å². The van der Waals surface area contributed by atoms with Crippen molar-refractivity contribution in [3.63, 3.8) is 0 Å². The molecule has 3 unspecified atom stereocenters. The summed E-state index contributed by atoms with van der Waals surface area (Å²) in [4.78, 5) is 5.74. The van der Waals surface area contributed by atoms with Gasteiger partial charge in [-0.25, -0.2) is 4.98 Å². The summed E-state index contributed by atoms with van der Waals surface area (Å²) in [5, 5.41) is 0. The van der Waals surface area contributed by atoms with Gasteiger partial charge in [-0.15, -0.1) is 0 Å². The number of alkyl halides is 3. The third-order valence-corrected chi connectivity index (χ3v) is 4.78. The van der Waals surface area contributed by atoms with E-state index in [1.54, 1.807) is 4.90 Å². The minimum Gasteiger partial charge on any atom is -0.355 e. The van der Waals surface area contributed by atoms with Crippen LogP contribution in [0.5, 0.6) is 0 Å². The predicted molar refractivity (Wildman–Crippen MR) is 73.3 cm³/mol. The molecule has 2 fully saturated rings. The van der Waals surface area contributed by atoms with Crippen LogP contribution in [0.1, 0.15) is 18.4 Å². The molecule has 2 aliphatic rings. The van der Waals surface area contributed by atoms with Gasteiger partial charge in [0.1, 0.15) is 5.82 Å². The largest absolute Gasteiger partial charge is 0.419 e. The van der Waals surface area contributed by atoms with E-state index in [0.29, 0.717) is 29.4 Å². The lowest BCUT2D eigenvalue weighted by Crippen LogP contribution is -2.31. The van der Waals surface area contributed by atoms with Crippen molar-refractivity contribution in [2.45, 2.75) is 25.1 Å². The van der Waals surface area contributed by atoms with Crippen LogP contribution in [0.2, 0.25) is 0 Å². The van der Waals surface area contributed by atoms with Gasteiger partial charge in [-0.3, -0.25) is 0 Å². The number of pyridine rings is 1. The minimum atomic E-state index is -4.40. The Balaban J connectivity index is 1.92. The number of halogens is 4. The van der Waals surface area contributed by atoms with Crippen LogP contribution in [-0.2, 0) is 6.18 Å². The Labute approximate surface area is 123 Å². The van der Waals surface area contributed by atoms with Gasteiger partial charge in [-0.1, -0.05) is 0 Å². The Hall–Kier alpha value is -0.820. The van der Waals surface area contributed by atoms with Crippen LogP contribution in [0.3, 0.4) is 0 Å². The summed E-state index contributed by atoms with van der Waals surface area (Å²) in [5.74, 6) is 0.723. The lowest BCUT2D eigenvalue weighted by Gasteiger charge is -2.23. The molecule has 1 aliphatic carbocycles. The number of hydrogen-bond donors (Lipinski definition) is 1. The molecule has 0 spiro atoms. The Morgan fingerprint density at radius 2 is 2.05 bits per heavy atom. The van der Waals surface area contributed by atoms with Crippen molar-refractivity contribution in [1.29, 1.82) is 0 Å². The number of anilines is 1. The number of fused-ring (bicyclic) bond motifs is 1. The Bertz CT molecular complexity index is 520. The normalized spacial score (nSPS) is 29.9. The van der Waals surface area contributed by atoms with Crippen LogP contribution in [0.25, 0.3) is 0 Å². The molecule has 3 nitrogen and oxygen atoms in total. The van der Waals surface area contributed by atoms with Crippen LogP contribution < -0.4 is 10.6 Å². The molecular weight excluding hydrogens is 335 g/mol. The zero-order valence-corrected chi connectivity index (χ0v) is 12.3. The Morgan fingerprint density at radius 1 is 1.30 bits per heavy atom. The number of aromatic nitrogens is 1. The molecule has 7 heteroatoms. The van der Waals surface area contributed by atoms with Crippen LogP contribution >= 0.6 is 15.9 Å². The van der Waals surface area contributed by atoms with E-state index < -0.39 is 11.7 Å². The monoisotopic (exact) mass is 349 g/mol. The van der Waals surface area contributed by atoms with E-state index in [1.807, 2.05) is 0 Å². The molecule has 0 aromatic carbocycles. The molecule has 0 bridgehead atoms. The maximum atomic E-state index is 13.1. The number of hydrogen-bond acceptors (Lipinski definition) is 3. The molecule has 0 radical (unpaired) electrons. The second kappa shape index (κ2) is 4.87. The molecule has 1 saturated carbocycles. The van der Waals surface area contributed by atoms with Gasteiger partial charge in [0.25, 0.3) is 0 Å². The fraction of sp³-hybridized carbons (Fsp3) is 0.615. The Kier molecular flexibility index (Phi) is 3.44. The number of rotatable bonds is 1. The molecule has 3 rings (SSSR count). The summed E-state index contributed by atoms with van der Waals surface area (Å²) >= 11 is 3.05. The van der Waals surface area contributed by atoms with Gasteiger partial charge in [-0.2, -0.15) is 13.2 Å². The van der Waals surface area contributed by atoms with E-state index in [0.717, 1.165) is 18.9 Å². The zero-order chi connectivity index (χ0) is 14.5. The average molecular weight is 350 g/mol. The predicted octanol–water partition coefficient (Wildman–Crippen LogP) is 3.04. The van der Waals surface area contributed by atoms with Crippen molar-refractivity contribution < 1.29 is 13.2 Å². The summed E-state index contributed by atoms with van der Waals surface area (Å²) in [6, 6.07) is 1.20. The summed E-state index contributed by atoms with van der Waals surface area (Å²) in [5.41, 5.74) is 5.35. The quantitative estimate of drug-likeness (QED) is 0.847. The molecule has 110 valence electrons. The number of nitrogens with two attached hydrogens (primary N) is 1. The van der Waals surface area contributed by atoms with E-state index in [-0.39, 0.29) is 11.9 Å². The van der Waals surface area contributed by atoms with Crippen LogP contribution in [-0.4, -0.2) is 24.1 Å². The average Bonchev–Trinajstić information content (AvgIpc) is 2.91. The summed E-state index contributed by atoms with van der Waals surface area (Å²) in [6.45, 7) is 1.19. The first-order valence-corrected chi connectivity index (χ1v) is 7.39. The topological polar surface area (TPSA) is 42.1 Å². The lowest BCUT2D eigenvalue weighted by molar-refractivity contribution is -0.137. The van der Waals surface area contributed by atoms with Gasteiger partial charge in [0.2, 0.25) is 0 Å². The maximum Gasteiger partial charge on any atom is 0.419 e.